The highest BCUT2D eigenvalue weighted by atomic mass is 16.7. The number of fused-ring (bicyclic) bond motifs is 2. The molecule has 2 heterocycles. The minimum absolute atomic E-state index is 0.117. The van der Waals surface area contributed by atoms with Gasteiger partial charge in [0.25, 0.3) is 0 Å². The van der Waals surface area contributed by atoms with Gasteiger partial charge in [-0.05, 0) is 118 Å². The predicted molar refractivity (Wildman–Crippen MR) is 247 cm³/mol. The third-order valence-corrected chi connectivity index (χ3v) is 10.2. The third-order valence-electron chi connectivity index (χ3n) is 10.2. The van der Waals surface area contributed by atoms with Gasteiger partial charge < -0.3 is 43.0 Å². The summed E-state index contributed by atoms with van der Waals surface area (Å²) in [4.78, 5) is 0. The highest BCUT2D eigenvalue weighted by Gasteiger charge is 2.12. The maximum Gasteiger partial charge on any atom is 0.188 e. The Morgan fingerprint density at radius 2 is 0.841 bits per heavy atom. The number of rotatable bonds is 15. The number of benzene rings is 6. The summed E-state index contributed by atoms with van der Waals surface area (Å²) in [5.41, 5.74) is 9.53. The lowest BCUT2D eigenvalue weighted by Crippen LogP contribution is -2.00. The summed E-state index contributed by atoms with van der Waals surface area (Å²) in [7, 11) is 11.2. The Morgan fingerprint density at radius 1 is 0.429 bits per heavy atom. The van der Waals surface area contributed by atoms with Crippen molar-refractivity contribution in [3.63, 3.8) is 0 Å². The number of phenols is 1. The fourth-order valence-electron chi connectivity index (χ4n) is 6.90. The van der Waals surface area contributed by atoms with E-state index in [1.54, 1.807) is 48.7 Å². The molecular formula is C50H48N4O9. The smallest absolute Gasteiger partial charge is 0.188 e. The summed E-state index contributed by atoms with van der Waals surface area (Å²) in [6.07, 6.45) is 7.92. The summed E-state index contributed by atoms with van der Waals surface area (Å²) in [6, 6.07) is 34.9. The molecule has 3 N–H and O–H groups in total. The normalized spacial score (nSPS) is 11.2. The number of nitrogens with one attached hydrogen (secondary N) is 2. The number of ether oxygens (including phenoxy) is 8. The van der Waals surface area contributed by atoms with Crippen LogP contribution in [-0.2, 0) is 4.74 Å². The van der Waals surface area contributed by atoms with Crippen LogP contribution in [0.3, 0.4) is 0 Å². The Hall–Kier alpha value is -7.90. The second-order valence-corrected chi connectivity index (χ2v) is 13.9. The van der Waals surface area contributed by atoms with Crippen molar-refractivity contribution < 1.29 is 43.0 Å². The zero-order valence-corrected chi connectivity index (χ0v) is 36.0. The number of methoxy groups -OCH3 is 7. The molecular weight excluding hydrogens is 801 g/mol. The first-order valence-corrected chi connectivity index (χ1v) is 19.7. The monoisotopic (exact) mass is 848 g/mol. The van der Waals surface area contributed by atoms with Gasteiger partial charge in [-0.3, -0.25) is 10.2 Å². The van der Waals surface area contributed by atoms with E-state index in [0.717, 1.165) is 66.6 Å². The number of hydrogen-bond acceptors (Lipinski definition) is 11. The molecule has 0 saturated carbocycles. The first-order chi connectivity index (χ1) is 30.8. The van der Waals surface area contributed by atoms with Crippen molar-refractivity contribution >= 4 is 46.1 Å². The van der Waals surface area contributed by atoms with Gasteiger partial charge in [0.2, 0.25) is 0 Å². The number of aromatic nitrogens is 4. The molecule has 13 heteroatoms. The molecule has 13 nitrogen and oxygen atoms in total. The summed E-state index contributed by atoms with van der Waals surface area (Å²) in [6.45, 7) is 0.162. The van der Waals surface area contributed by atoms with Crippen LogP contribution in [0, 0.1) is 0 Å². The van der Waals surface area contributed by atoms with Gasteiger partial charge in [-0.25, -0.2) is 0 Å². The molecule has 8 aromatic rings. The van der Waals surface area contributed by atoms with Crippen LogP contribution in [-0.4, -0.2) is 82.1 Å². The fourth-order valence-corrected chi connectivity index (χ4v) is 6.90. The maximum atomic E-state index is 9.81. The van der Waals surface area contributed by atoms with E-state index in [0.29, 0.717) is 40.2 Å². The number of phenolic OH excluding ortho intramolecular Hbond substituents is 1. The molecule has 63 heavy (non-hydrogen) atoms. The van der Waals surface area contributed by atoms with Crippen LogP contribution in [0.2, 0.25) is 0 Å². The second-order valence-electron chi connectivity index (χ2n) is 13.9. The van der Waals surface area contributed by atoms with Crippen LogP contribution in [0.4, 0.5) is 0 Å². The van der Waals surface area contributed by atoms with Gasteiger partial charge in [0, 0.05) is 17.9 Å². The van der Waals surface area contributed by atoms with E-state index in [2.05, 4.69) is 38.6 Å². The minimum Gasteiger partial charge on any atom is -0.504 e. The quantitative estimate of drug-likeness (QED) is 0.0846. The van der Waals surface area contributed by atoms with Crippen molar-refractivity contribution in [3.05, 3.63) is 132 Å². The molecule has 0 aliphatic heterocycles. The average Bonchev–Trinajstić information content (AvgIpc) is 3.95. The van der Waals surface area contributed by atoms with Crippen molar-refractivity contribution in [1.82, 2.24) is 20.4 Å². The van der Waals surface area contributed by atoms with E-state index < -0.39 is 0 Å². The van der Waals surface area contributed by atoms with Crippen LogP contribution < -0.4 is 33.2 Å². The standard InChI is InChI=1S/C26H26N2O5.C24H22N2O4/c1-29-16-33-24-12-8-19(15-26(24)32-4)18-7-9-20-21(27-28-22(20)14-18)10-5-17-6-11-23(30-2)25(13-17)31-3;1-28-22-11-5-15(12-24(22)30-3)4-9-19-18-8-6-16(13-20(18)26-25-19)17-7-10-21(27)23(14-17)29-2/h5-15H,16H2,1-4H3,(H,27,28);4-14,27H,1-3H3,(H,25,26)/b;9-4+. The van der Waals surface area contributed by atoms with Gasteiger partial charge in [0.15, 0.2) is 52.8 Å². The van der Waals surface area contributed by atoms with Crippen LogP contribution >= 0.6 is 0 Å². The second kappa shape index (κ2) is 20.1. The van der Waals surface area contributed by atoms with Gasteiger partial charge in [-0.1, -0.05) is 48.6 Å². The number of hydrogen-bond donors (Lipinski definition) is 3. The Labute approximate surface area is 365 Å². The lowest BCUT2D eigenvalue weighted by molar-refractivity contribution is 0.0492. The number of nitrogens with zero attached hydrogens (tertiary/aromatic N) is 2. The van der Waals surface area contributed by atoms with E-state index >= 15 is 0 Å². The van der Waals surface area contributed by atoms with Crippen LogP contribution in [0.25, 0.3) is 68.4 Å². The Morgan fingerprint density at radius 3 is 1.32 bits per heavy atom. The topological polar surface area (TPSA) is 151 Å². The molecule has 0 amide bonds. The Bertz CT molecular complexity index is 2900. The molecule has 0 aliphatic carbocycles. The molecule has 0 saturated heterocycles. The number of aromatic amines is 2. The van der Waals surface area contributed by atoms with E-state index in [-0.39, 0.29) is 12.5 Å². The van der Waals surface area contributed by atoms with Crippen LogP contribution in [0.1, 0.15) is 22.5 Å². The minimum atomic E-state index is 0.117. The summed E-state index contributed by atoms with van der Waals surface area (Å²) < 4.78 is 42.5. The fraction of sp³-hybridized carbons (Fsp3) is 0.160. The maximum absolute atomic E-state index is 9.81. The molecule has 0 spiro atoms. The summed E-state index contributed by atoms with van der Waals surface area (Å²) in [5.74, 6) is 4.59. The van der Waals surface area contributed by atoms with Crippen molar-refractivity contribution in [3.8, 4) is 68.2 Å². The lowest BCUT2D eigenvalue weighted by atomic mass is 10.0. The Kier molecular flexibility index (Phi) is 13.8. The van der Waals surface area contributed by atoms with E-state index in [1.807, 2.05) is 109 Å². The van der Waals surface area contributed by atoms with Crippen molar-refractivity contribution in [2.45, 2.75) is 0 Å². The molecule has 0 aliphatic rings. The van der Waals surface area contributed by atoms with Crippen LogP contribution in [0.15, 0.2) is 109 Å². The Balaban J connectivity index is 0.000000190. The third kappa shape index (κ3) is 9.85. The highest BCUT2D eigenvalue weighted by Crippen LogP contribution is 2.36. The zero-order valence-electron chi connectivity index (χ0n) is 36.0. The molecule has 322 valence electrons. The van der Waals surface area contributed by atoms with Crippen molar-refractivity contribution in [2.75, 3.05) is 56.6 Å². The van der Waals surface area contributed by atoms with Gasteiger partial charge in [0.1, 0.15) is 0 Å². The molecule has 0 unspecified atom stereocenters. The van der Waals surface area contributed by atoms with E-state index in [1.165, 1.54) is 7.11 Å². The van der Waals surface area contributed by atoms with Crippen LogP contribution in [0.5, 0.6) is 46.0 Å². The molecule has 2 aromatic heterocycles. The number of aromatic hydroxyl groups is 1. The predicted octanol–water partition coefficient (Wildman–Crippen LogP) is 10.5. The first-order valence-electron chi connectivity index (χ1n) is 19.7. The lowest BCUT2D eigenvalue weighted by Gasteiger charge is -2.11. The highest BCUT2D eigenvalue weighted by molar-refractivity contribution is 5.93. The summed E-state index contributed by atoms with van der Waals surface area (Å²) in [5, 5.41) is 27.0. The zero-order chi connectivity index (χ0) is 44.3. The van der Waals surface area contributed by atoms with Gasteiger partial charge in [-0.2, -0.15) is 10.2 Å². The summed E-state index contributed by atoms with van der Waals surface area (Å²) >= 11 is 0. The molecule has 6 aromatic carbocycles. The molecule has 0 radical (unpaired) electrons. The van der Waals surface area contributed by atoms with Gasteiger partial charge in [0.05, 0.1) is 65.1 Å². The average molecular weight is 849 g/mol. The largest absolute Gasteiger partial charge is 0.504 e. The molecule has 8 rings (SSSR count). The van der Waals surface area contributed by atoms with Gasteiger partial charge >= 0.3 is 0 Å². The van der Waals surface area contributed by atoms with E-state index in [9.17, 15) is 5.11 Å². The first kappa shape index (κ1) is 43.2. The number of H-pyrrole nitrogens is 2. The molecule has 0 bridgehead atoms. The van der Waals surface area contributed by atoms with Crippen molar-refractivity contribution in [2.24, 2.45) is 0 Å². The molecule has 0 fully saturated rings. The molecule has 0 atom stereocenters. The SMILES string of the molecule is COCOc1ccc(-c2ccc3c(C=Cc4ccc(OC)c(OC)c4)n[nH]c3c2)cc1OC.COc1cc(-c2ccc3c(/C=C/c4ccc(OC)c(OC)c4)n[nH]c3c2)ccc1O. The van der Waals surface area contributed by atoms with E-state index in [4.69, 9.17) is 37.9 Å². The van der Waals surface area contributed by atoms with Crippen molar-refractivity contribution in [1.29, 1.82) is 0 Å². The van der Waals surface area contributed by atoms with Gasteiger partial charge in [-0.15, -0.1) is 0 Å².